The van der Waals surface area contributed by atoms with Gasteiger partial charge in [0.15, 0.2) is 0 Å². The van der Waals surface area contributed by atoms with E-state index in [1.165, 1.54) is 122 Å². The van der Waals surface area contributed by atoms with Gasteiger partial charge in [-0.15, -0.1) is 0 Å². The van der Waals surface area contributed by atoms with E-state index in [1.807, 2.05) is 0 Å². The highest BCUT2D eigenvalue weighted by Gasteiger charge is 2.46. The van der Waals surface area contributed by atoms with E-state index >= 15 is 0 Å². The number of rotatable bonds is 6. The van der Waals surface area contributed by atoms with Gasteiger partial charge in [-0.1, -0.05) is 271 Å². The van der Waals surface area contributed by atoms with Crippen LogP contribution in [0.25, 0.3) is 66.8 Å². The Balaban J connectivity index is 1.05. The fraction of sp³-hybridized carbons (Fsp3) is 0.155. The van der Waals surface area contributed by atoms with Crippen LogP contribution in [0.1, 0.15) is 77.6 Å². The number of hydrogen-bond acceptors (Lipinski definition) is 1. The van der Waals surface area contributed by atoms with Gasteiger partial charge in [-0.05, 0) is 124 Å². The Morgan fingerprint density at radius 2 is 0.568 bits per heavy atom. The van der Waals surface area contributed by atoms with E-state index in [1.54, 1.807) is 0 Å². The second-order valence-electron chi connectivity index (χ2n) is 23.6. The first kappa shape index (κ1) is 46.0. The fourth-order valence-electron chi connectivity index (χ4n) is 12.4. The molecule has 3 heteroatoms. The molecule has 0 spiro atoms. The second kappa shape index (κ2) is 17.1. The van der Waals surface area contributed by atoms with Gasteiger partial charge in [-0.3, -0.25) is 0 Å². The third-order valence-electron chi connectivity index (χ3n) is 16.6. The maximum absolute atomic E-state index is 7.97. The molecule has 0 atom stereocenters. The summed E-state index contributed by atoms with van der Waals surface area (Å²) in [7, 11) is 0. The average molecular weight is 951 g/mol. The first-order valence-electron chi connectivity index (χ1n) is 26.5. The average Bonchev–Trinajstić information content (AvgIpc) is 3.92. The smallest absolute Gasteiger partial charge is 0.247 e. The highest BCUT2D eigenvalue weighted by atomic mass is 16.5. The lowest BCUT2D eigenvalue weighted by molar-refractivity contribution is 0.421. The van der Waals surface area contributed by atoms with Crippen molar-refractivity contribution in [3.05, 3.63) is 241 Å². The van der Waals surface area contributed by atoms with Gasteiger partial charge in [0.1, 0.15) is 11.5 Å². The normalized spacial score (nSPS) is 13.8. The third-order valence-corrected chi connectivity index (χ3v) is 16.6. The van der Waals surface area contributed by atoms with Crippen LogP contribution in [-0.4, -0.2) is 13.4 Å². The van der Waals surface area contributed by atoms with Crippen LogP contribution in [0.15, 0.2) is 218 Å². The molecule has 0 fully saturated rings. The van der Waals surface area contributed by atoms with E-state index in [-0.39, 0.29) is 24.3 Å². The van der Waals surface area contributed by atoms with E-state index in [2.05, 4.69) is 274 Å². The molecule has 0 radical (unpaired) electrons. The predicted octanol–water partition coefficient (Wildman–Crippen LogP) is 14.4. The minimum atomic E-state index is -0.411. The fourth-order valence-corrected chi connectivity index (χ4v) is 12.4. The molecule has 0 saturated heterocycles. The topological polar surface area (TPSA) is 9.23 Å². The molecular weight excluding hydrogens is 890 g/mol. The number of hydrogen-bond donors (Lipinski definition) is 0. The molecule has 3 aliphatic heterocycles. The van der Waals surface area contributed by atoms with Crippen molar-refractivity contribution in [1.82, 2.24) is 0 Å². The first-order chi connectivity index (χ1) is 35.7. The van der Waals surface area contributed by atoms with Gasteiger partial charge in [0.2, 0.25) is 13.4 Å². The van der Waals surface area contributed by atoms with Crippen LogP contribution in [-0.2, 0) is 16.2 Å². The summed E-state index contributed by atoms with van der Waals surface area (Å²) in [6.45, 7) is 18.9. The van der Waals surface area contributed by atoms with Crippen molar-refractivity contribution in [2.75, 3.05) is 0 Å². The Morgan fingerprint density at radius 1 is 0.297 bits per heavy atom. The molecule has 3 aliphatic rings. The third kappa shape index (κ3) is 7.54. The zero-order valence-electron chi connectivity index (χ0n) is 43.8. The summed E-state index contributed by atoms with van der Waals surface area (Å²) >= 11 is 0. The molecule has 1 nitrogen and oxygen atoms in total. The molecule has 356 valence electrons. The lowest BCUT2D eigenvalue weighted by atomic mass is 9.37. The quantitative estimate of drug-likeness (QED) is 0.151. The summed E-state index contributed by atoms with van der Waals surface area (Å²) in [5.74, 6) is 1.97. The van der Waals surface area contributed by atoms with Crippen molar-refractivity contribution >= 4 is 46.2 Å². The van der Waals surface area contributed by atoms with Crippen LogP contribution in [0.2, 0.25) is 0 Å². The molecule has 0 N–H and O–H groups in total. The minimum Gasteiger partial charge on any atom is -0.458 e. The van der Waals surface area contributed by atoms with Crippen LogP contribution < -0.4 is 37.5 Å². The molecule has 10 aromatic carbocycles. The Hall–Kier alpha value is -7.87. The Bertz CT molecular complexity index is 3410. The zero-order valence-corrected chi connectivity index (χ0v) is 43.8. The molecule has 0 bridgehead atoms. The van der Waals surface area contributed by atoms with Gasteiger partial charge in [-0.2, -0.15) is 0 Å². The maximum Gasteiger partial charge on any atom is 0.247 e. The summed E-state index contributed by atoms with van der Waals surface area (Å²) in [5.41, 5.74) is 27.1. The molecule has 0 amide bonds. The highest BCUT2D eigenvalue weighted by molar-refractivity contribution is 7.00. The van der Waals surface area contributed by atoms with Crippen LogP contribution in [0.5, 0.6) is 11.5 Å². The molecule has 0 unspecified atom stereocenters. The van der Waals surface area contributed by atoms with Crippen molar-refractivity contribution in [3.63, 3.8) is 0 Å². The van der Waals surface area contributed by atoms with E-state index in [0.29, 0.717) is 0 Å². The van der Waals surface area contributed by atoms with Crippen LogP contribution in [0, 0.1) is 0 Å². The maximum atomic E-state index is 7.97. The Kier molecular flexibility index (Phi) is 10.6. The van der Waals surface area contributed by atoms with Crippen molar-refractivity contribution in [1.29, 1.82) is 0 Å². The van der Waals surface area contributed by atoms with E-state index in [0.717, 1.165) is 11.5 Å². The Labute approximate surface area is 439 Å². The Morgan fingerprint density at radius 3 is 0.824 bits per heavy atom. The van der Waals surface area contributed by atoms with Crippen molar-refractivity contribution in [2.24, 2.45) is 0 Å². The van der Waals surface area contributed by atoms with Crippen LogP contribution >= 0.6 is 0 Å². The summed E-state index contributed by atoms with van der Waals surface area (Å²) in [6, 6.07) is 81.9. The minimum absolute atomic E-state index is 0.0545. The summed E-state index contributed by atoms with van der Waals surface area (Å²) in [5, 5.41) is 0. The highest BCUT2D eigenvalue weighted by Crippen LogP contribution is 2.50. The van der Waals surface area contributed by atoms with Crippen LogP contribution in [0.3, 0.4) is 0 Å². The van der Waals surface area contributed by atoms with Crippen molar-refractivity contribution < 1.29 is 4.74 Å². The van der Waals surface area contributed by atoms with E-state index in [4.69, 9.17) is 4.74 Å². The van der Waals surface area contributed by atoms with E-state index < -0.39 is 5.41 Å². The molecule has 10 aromatic rings. The molecule has 0 saturated carbocycles. The van der Waals surface area contributed by atoms with Crippen molar-refractivity contribution in [3.8, 4) is 78.3 Å². The lowest BCUT2D eigenvalue weighted by Gasteiger charge is -2.40. The molecule has 3 heterocycles. The molecule has 0 aliphatic carbocycles. The predicted molar refractivity (Wildman–Crippen MR) is 317 cm³/mol. The van der Waals surface area contributed by atoms with Gasteiger partial charge in [0.05, 0.1) is 0 Å². The van der Waals surface area contributed by atoms with Crippen molar-refractivity contribution in [2.45, 2.75) is 71.6 Å². The largest absolute Gasteiger partial charge is 0.458 e. The van der Waals surface area contributed by atoms with Gasteiger partial charge in [-0.25, -0.2) is 0 Å². The SMILES string of the molecule is CC(C)(C)c1cc(B2c3ccc(-c4ccccc4)cc3-c3cc(-c4ccccc4)ccc32)c2c(c1)C(C)(C)c1cc(C(C)(C)C)cc(B3c4ccc(-c5ccccc5)cc4-c4cc(-c5ccccc5)ccc43)c1O2. The number of benzene rings is 10. The number of ether oxygens (including phenoxy) is 1. The first-order valence-corrected chi connectivity index (χ1v) is 26.5. The lowest BCUT2D eigenvalue weighted by Crippen LogP contribution is -2.52. The second-order valence-corrected chi connectivity index (χ2v) is 23.6. The van der Waals surface area contributed by atoms with Gasteiger partial charge in [0.25, 0.3) is 0 Å². The van der Waals surface area contributed by atoms with Crippen LogP contribution in [0.4, 0.5) is 0 Å². The monoisotopic (exact) mass is 950 g/mol. The summed E-state index contributed by atoms with van der Waals surface area (Å²) in [4.78, 5) is 0. The molecule has 13 rings (SSSR count). The van der Waals surface area contributed by atoms with Gasteiger partial charge in [0, 0.05) is 16.5 Å². The standard InChI is InChI=1S/C71H60B2O/c1-69(2,3)53-41-59-67(65(43-53)72-61-33-29-49(45-21-13-9-14-22-45)37-55(61)56-38-50(30-34-62(56)72)46-23-15-10-16-24-46)74-68-60(71(59,7)8)42-54(70(4,5)6)44-66(68)73-63-35-31-51(47-25-17-11-18-26-47)39-57(63)58-40-52(32-36-64(58)73)48-27-19-12-20-28-48/h9-44H,1-8H3. The summed E-state index contributed by atoms with van der Waals surface area (Å²) < 4.78 is 7.97. The van der Waals surface area contributed by atoms with E-state index in [9.17, 15) is 0 Å². The molecule has 74 heavy (non-hydrogen) atoms. The number of fused-ring (bicyclic) bond motifs is 8. The molecular formula is C71H60B2O. The van der Waals surface area contributed by atoms with Gasteiger partial charge >= 0.3 is 0 Å². The summed E-state index contributed by atoms with van der Waals surface area (Å²) in [6.07, 6.45) is 0. The molecule has 0 aromatic heterocycles. The van der Waals surface area contributed by atoms with Gasteiger partial charge < -0.3 is 4.74 Å². The zero-order chi connectivity index (χ0) is 50.7.